The molecule has 6 aromatic rings. The van der Waals surface area contributed by atoms with E-state index in [4.69, 9.17) is 22.9 Å². The molecule has 4 aromatic carbocycles. The van der Waals surface area contributed by atoms with Gasteiger partial charge in [-0.1, -0.05) is 78.2 Å². The Hall–Kier alpha value is -7.84. The molecule has 25 heteroatoms. The summed E-state index contributed by atoms with van der Waals surface area (Å²) >= 11 is 0. The number of sulfonamides is 2. The molecule has 17 N–H and O–H groups in total. The van der Waals surface area contributed by atoms with Crippen LogP contribution >= 0.6 is 0 Å². The Kier molecular flexibility index (Phi) is 23.0. The summed E-state index contributed by atoms with van der Waals surface area (Å²) in [5.41, 5.74) is 29.9. The fraction of sp³-hybridized carbons (Fsp3) is 0.382. The van der Waals surface area contributed by atoms with Gasteiger partial charge in [0.15, 0.2) is 0 Å². The molecule has 0 fully saturated rings. The quantitative estimate of drug-likeness (QED) is 0.0168. The molecule has 0 unspecified atom stereocenters. The summed E-state index contributed by atoms with van der Waals surface area (Å²) in [7, 11) is -7.92. The van der Waals surface area contributed by atoms with Crippen LogP contribution in [0, 0.1) is 13.8 Å². The molecule has 0 spiro atoms. The van der Waals surface area contributed by atoms with Crippen LogP contribution in [-0.4, -0.2) is 126 Å². The zero-order valence-corrected chi connectivity index (χ0v) is 46.7. The Morgan fingerprint density at radius 2 is 0.925 bits per heavy atom. The largest absolute Gasteiger partial charge is 0.369 e. The van der Waals surface area contributed by atoms with E-state index in [0.29, 0.717) is 26.1 Å². The third kappa shape index (κ3) is 18.9. The number of nitrogens with zero attached hydrogens (tertiary/aromatic N) is 2. The van der Waals surface area contributed by atoms with Crippen LogP contribution in [0.1, 0.15) is 67.2 Å². The van der Waals surface area contributed by atoms with Crippen LogP contribution in [0.15, 0.2) is 129 Å². The summed E-state index contributed by atoms with van der Waals surface area (Å²) in [6.45, 7) is 5.40. The smallest absolute Gasteiger partial charge is 0.264 e. The Balaban J connectivity index is 0.940. The number of aryl methyl sites for hydroxylation is 2. The van der Waals surface area contributed by atoms with Crippen molar-refractivity contribution < 1.29 is 36.0 Å². The Bertz CT molecular complexity index is 3090. The van der Waals surface area contributed by atoms with Crippen LogP contribution in [0.25, 0.3) is 21.8 Å². The maximum Gasteiger partial charge on any atom is 0.264 e. The van der Waals surface area contributed by atoms with Crippen molar-refractivity contribution in [3.8, 4) is 0 Å². The van der Waals surface area contributed by atoms with Crippen LogP contribution in [0.4, 0.5) is 0 Å². The number of amides is 4. The van der Waals surface area contributed by atoms with Crippen molar-refractivity contribution in [3.05, 3.63) is 132 Å². The lowest BCUT2D eigenvalue weighted by molar-refractivity contribution is -0.129. The third-order valence-electron chi connectivity index (χ3n) is 13.1. The number of guanidine groups is 2. The summed E-state index contributed by atoms with van der Waals surface area (Å²) in [5.74, 6) is -2.50. The van der Waals surface area contributed by atoms with E-state index in [1.165, 1.54) is 24.3 Å². The van der Waals surface area contributed by atoms with Crippen molar-refractivity contribution in [2.24, 2.45) is 32.9 Å². The Morgan fingerprint density at radius 3 is 1.38 bits per heavy atom. The molecule has 0 saturated heterocycles. The van der Waals surface area contributed by atoms with Crippen molar-refractivity contribution in [1.29, 1.82) is 0 Å². The normalized spacial score (nSPS) is 13.8. The average molecular weight is 1140 g/mol. The van der Waals surface area contributed by atoms with E-state index in [-0.39, 0.29) is 79.9 Å². The lowest BCUT2D eigenvalue weighted by Crippen LogP contribution is -2.52. The number of hydrogen-bond acceptors (Lipinski definition) is 13. The highest BCUT2D eigenvalue weighted by Gasteiger charge is 2.26. The van der Waals surface area contributed by atoms with Crippen LogP contribution in [0.2, 0.25) is 0 Å². The van der Waals surface area contributed by atoms with Gasteiger partial charge in [-0.2, -0.15) is 0 Å². The second kappa shape index (κ2) is 29.9. The maximum absolute atomic E-state index is 13.6. The van der Waals surface area contributed by atoms with Gasteiger partial charge < -0.3 is 59.5 Å². The van der Waals surface area contributed by atoms with E-state index in [1.807, 2.05) is 68.6 Å². The number of unbranched alkanes of at least 4 members (excludes halogenated alkanes) is 2. The number of fused-ring (bicyclic) bond motifs is 2. The number of H-pyrrole nitrogens is 2. The van der Waals surface area contributed by atoms with Gasteiger partial charge in [0.05, 0.1) is 21.9 Å². The molecule has 0 bridgehead atoms. The van der Waals surface area contributed by atoms with Gasteiger partial charge in [0, 0.05) is 66.9 Å². The van der Waals surface area contributed by atoms with Gasteiger partial charge in [-0.3, -0.25) is 29.2 Å². The molecular weight excluding hydrogens is 1060 g/mol. The number of carbonyl (C=O) groups is 4. The van der Waals surface area contributed by atoms with E-state index >= 15 is 0 Å². The average Bonchev–Trinajstić information content (AvgIpc) is 4.04. The first-order chi connectivity index (χ1) is 38.3. The second-order valence-corrected chi connectivity index (χ2v) is 22.9. The number of aliphatic imine (C=N–C) groups is 2. The predicted molar refractivity (Wildman–Crippen MR) is 311 cm³/mol. The van der Waals surface area contributed by atoms with Crippen molar-refractivity contribution in [1.82, 2.24) is 46.0 Å². The van der Waals surface area contributed by atoms with Crippen LogP contribution in [0.3, 0.4) is 0 Å². The standard InChI is InChI=1S/C55H75N15O8S2/c1-36-18-22-40(23-19-36)79(75,76)69-54(58)63-28-10-16-48(67-50(71)44(56)32-38-34-65-46-14-6-4-12-42(38)46)52(73)61-27-9-3-8-26-60-30-31-62-53(74)49(68-51(72)45(57)33-39-35-66-47-15-7-5-13-43(39)47)17-11-29-64-55(59)70-80(77,78)41-24-20-37(2)21-25-41/h4-7,12-15,18-25,34-35,44-45,48-49,60,65-66H,3,8-11,16-17,26-33,56-57H2,1-2H3,(H,61,73)(H,62,74)(H,67,71)(H,68,72)(H3,58,63,69)(H3,59,64,70)/t44-,45-,48-,49-/m1/s1. The first-order valence-corrected chi connectivity index (χ1v) is 29.5. The van der Waals surface area contributed by atoms with Crippen molar-refractivity contribution in [3.63, 3.8) is 0 Å². The van der Waals surface area contributed by atoms with Crippen molar-refractivity contribution in [2.45, 2.75) is 106 Å². The minimum absolute atomic E-state index is 0.0292. The molecule has 23 nitrogen and oxygen atoms in total. The molecule has 0 saturated carbocycles. The van der Waals surface area contributed by atoms with Crippen LogP contribution in [-0.2, 0) is 52.1 Å². The first-order valence-electron chi connectivity index (χ1n) is 26.6. The molecule has 4 amide bonds. The van der Waals surface area contributed by atoms with Crippen LogP contribution < -0.4 is 59.0 Å². The number of benzene rings is 4. The van der Waals surface area contributed by atoms with Gasteiger partial charge in [0.25, 0.3) is 20.0 Å². The SMILES string of the molecule is Cc1ccc(S(=O)(=O)NC(N)=NCCC[C@@H](NC(=O)[C@H](N)Cc2c[nH]c3ccccc23)C(=O)NCCCCCNCCNC(=O)[C@@H](CCCN=C(N)NS(=O)(=O)c2ccc(C)cc2)NC(=O)[C@H](N)Cc2c[nH]c3ccccc23)cc1. The lowest BCUT2D eigenvalue weighted by Gasteiger charge is -2.21. The molecule has 4 atom stereocenters. The fourth-order valence-electron chi connectivity index (χ4n) is 8.65. The summed E-state index contributed by atoms with van der Waals surface area (Å²) in [4.78, 5) is 68.7. The molecule has 0 aliphatic heterocycles. The molecule has 2 aromatic heterocycles. The topological polar surface area (TPSA) is 381 Å². The first kappa shape index (κ1) is 61.4. The molecule has 0 aliphatic rings. The number of nitrogens with one attached hydrogen (secondary N) is 9. The highest BCUT2D eigenvalue weighted by Crippen LogP contribution is 2.21. The number of aromatic nitrogens is 2. The molecule has 0 radical (unpaired) electrons. The highest BCUT2D eigenvalue weighted by atomic mass is 32.2. The zero-order chi connectivity index (χ0) is 57.7. The predicted octanol–water partition coefficient (Wildman–Crippen LogP) is 1.81. The van der Waals surface area contributed by atoms with Gasteiger partial charge in [-0.25, -0.2) is 26.3 Å². The molecule has 80 heavy (non-hydrogen) atoms. The highest BCUT2D eigenvalue weighted by molar-refractivity contribution is 7.90. The van der Waals surface area contributed by atoms with E-state index in [9.17, 15) is 36.0 Å². The van der Waals surface area contributed by atoms with E-state index in [0.717, 1.165) is 56.9 Å². The number of nitrogens with two attached hydrogens (primary N) is 4. The molecular formula is C55H75N15O8S2. The minimum Gasteiger partial charge on any atom is -0.369 e. The molecule has 6 rings (SSSR count). The lowest BCUT2D eigenvalue weighted by atomic mass is 10.0. The fourth-order valence-corrected chi connectivity index (χ4v) is 10.6. The van der Waals surface area contributed by atoms with Gasteiger partial charge in [-0.05, 0) is 119 Å². The summed E-state index contributed by atoms with van der Waals surface area (Å²) < 4.78 is 55.7. The molecule has 430 valence electrons. The zero-order valence-electron chi connectivity index (χ0n) is 45.1. The summed E-state index contributed by atoms with van der Waals surface area (Å²) in [6, 6.07) is 24.0. The number of hydrogen-bond donors (Lipinski definition) is 13. The second-order valence-electron chi connectivity index (χ2n) is 19.5. The Morgan fingerprint density at radius 1 is 0.512 bits per heavy atom. The number of para-hydroxylation sites is 2. The van der Waals surface area contributed by atoms with E-state index < -0.39 is 67.8 Å². The van der Waals surface area contributed by atoms with Gasteiger partial charge in [0.2, 0.25) is 35.5 Å². The van der Waals surface area contributed by atoms with Gasteiger partial charge in [0.1, 0.15) is 12.1 Å². The third-order valence-corrected chi connectivity index (χ3v) is 15.8. The maximum atomic E-state index is 13.6. The van der Waals surface area contributed by atoms with E-state index in [2.05, 4.69) is 56.0 Å². The van der Waals surface area contributed by atoms with Crippen molar-refractivity contribution in [2.75, 3.05) is 39.3 Å². The number of rotatable bonds is 31. The number of aromatic amines is 2. The van der Waals surface area contributed by atoms with Gasteiger partial charge >= 0.3 is 0 Å². The molecule has 0 aliphatic carbocycles. The van der Waals surface area contributed by atoms with Crippen molar-refractivity contribution >= 4 is 77.4 Å². The molecule has 2 heterocycles. The minimum atomic E-state index is -3.96. The summed E-state index contributed by atoms with van der Waals surface area (Å²) in [5, 5.41) is 16.6. The van der Waals surface area contributed by atoms with E-state index in [1.54, 1.807) is 30.5 Å². The Labute approximate surface area is 466 Å². The van der Waals surface area contributed by atoms with Crippen LogP contribution in [0.5, 0.6) is 0 Å². The monoisotopic (exact) mass is 1140 g/mol. The number of carbonyl (C=O) groups excluding carboxylic acids is 4. The van der Waals surface area contributed by atoms with Gasteiger partial charge in [-0.15, -0.1) is 0 Å². The summed E-state index contributed by atoms with van der Waals surface area (Å²) in [6.07, 6.45) is 7.05.